The molecule has 0 N–H and O–H groups in total. The summed E-state index contributed by atoms with van der Waals surface area (Å²) in [5.41, 5.74) is 0.519. The summed E-state index contributed by atoms with van der Waals surface area (Å²) in [6.45, 7) is 3.64. The molecule has 3 rings (SSSR count). The number of fused-ring (bicyclic) bond motifs is 1. The molecule has 3 heterocycles. The Kier molecular flexibility index (Phi) is 3.46. The van der Waals surface area contributed by atoms with Crippen molar-refractivity contribution in [1.29, 1.82) is 0 Å². The third-order valence-electron chi connectivity index (χ3n) is 5.09. The van der Waals surface area contributed by atoms with Crippen molar-refractivity contribution in [2.75, 3.05) is 0 Å². The van der Waals surface area contributed by atoms with Gasteiger partial charge in [0.15, 0.2) is 0 Å². The van der Waals surface area contributed by atoms with Gasteiger partial charge < -0.3 is 4.90 Å². The number of rotatable bonds is 3. The number of amides is 1. The van der Waals surface area contributed by atoms with Crippen LogP contribution in [0.5, 0.6) is 0 Å². The van der Waals surface area contributed by atoms with Crippen LogP contribution in [0.4, 0.5) is 8.78 Å². The van der Waals surface area contributed by atoms with Crippen molar-refractivity contribution in [1.82, 2.24) is 9.88 Å². The molecule has 0 bridgehead atoms. The molecule has 3 nitrogen and oxygen atoms in total. The second-order valence-electron chi connectivity index (χ2n) is 6.27. The molecule has 0 aromatic carbocycles. The highest BCUT2D eigenvalue weighted by atomic mass is 19.3. The normalized spacial score (nSPS) is 32.0. The average molecular weight is 294 g/mol. The number of aromatic nitrogens is 1. The number of carbonyl (C=O) groups excluding carboxylic acids is 1. The zero-order valence-corrected chi connectivity index (χ0v) is 12.4. The van der Waals surface area contributed by atoms with Gasteiger partial charge in [0.25, 0.3) is 6.43 Å². The molecule has 0 radical (unpaired) electrons. The Morgan fingerprint density at radius 2 is 2.19 bits per heavy atom. The number of hydrogen-bond acceptors (Lipinski definition) is 2. The van der Waals surface area contributed by atoms with E-state index in [9.17, 15) is 13.6 Å². The van der Waals surface area contributed by atoms with Crippen LogP contribution in [0.2, 0.25) is 0 Å². The van der Waals surface area contributed by atoms with Gasteiger partial charge >= 0.3 is 0 Å². The second kappa shape index (κ2) is 5.04. The van der Waals surface area contributed by atoms with Crippen LogP contribution in [0.3, 0.4) is 0 Å². The smallest absolute Gasteiger partial charge is 0.252 e. The summed E-state index contributed by atoms with van der Waals surface area (Å²) >= 11 is 0. The van der Waals surface area contributed by atoms with E-state index in [0.29, 0.717) is 0 Å². The SMILES string of the molecule is CC[C@@]1(C(F)F)C[C@@H]2CC[C@H](c3cncc(C)c3)N2C1=O. The zero-order valence-electron chi connectivity index (χ0n) is 12.4. The lowest BCUT2D eigenvalue weighted by Gasteiger charge is -2.29. The van der Waals surface area contributed by atoms with E-state index < -0.39 is 11.8 Å². The van der Waals surface area contributed by atoms with E-state index in [1.807, 2.05) is 13.0 Å². The molecule has 3 atom stereocenters. The van der Waals surface area contributed by atoms with Crippen molar-refractivity contribution < 1.29 is 13.6 Å². The van der Waals surface area contributed by atoms with Crippen molar-refractivity contribution in [2.24, 2.45) is 5.41 Å². The lowest BCUT2D eigenvalue weighted by Crippen LogP contribution is -2.40. The van der Waals surface area contributed by atoms with E-state index in [1.54, 1.807) is 24.2 Å². The number of alkyl halides is 2. The molecule has 2 fully saturated rings. The van der Waals surface area contributed by atoms with Gasteiger partial charge in [-0.2, -0.15) is 0 Å². The first-order chi connectivity index (χ1) is 9.99. The highest BCUT2D eigenvalue weighted by Gasteiger charge is 2.59. The summed E-state index contributed by atoms with van der Waals surface area (Å²) < 4.78 is 27.0. The fourth-order valence-corrected chi connectivity index (χ4v) is 3.88. The third kappa shape index (κ3) is 2.05. The molecule has 2 aliphatic heterocycles. The zero-order chi connectivity index (χ0) is 15.2. The predicted octanol–water partition coefficient (Wildman–Crippen LogP) is 3.49. The first kappa shape index (κ1) is 14.4. The van der Waals surface area contributed by atoms with Crippen LogP contribution in [0.1, 0.15) is 49.8 Å². The fraction of sp³-hybridized carbons (Fsp3) is 0.625. The lowest BCUT2D eigenvalue weighted by molar-refractivity contribution is -0.146. The fourth-order valence-electron chi connectivity index (χ4n) is 3.88. The Bertz CT molecular complexity index is 563. The van der Waals surface area contributed by atoms with Crippen LogP contribution in [0, 0.1) is 12.3 Å². The predicted molar refractivity (Wildman–Crippen MR) is 74.9 cm³/mol. The highest BCUT2D eigenvalue weighted by molar-refractivity contribution is 5.86. The molecule has 5 heteroatoms. The Hall–Kier alpha value is -1.52. The summed E-state index contributed by atoms with van der Waals surface area (Å²) in [5, 5.41) is 0. The maximum Gasteiger partial charge on any atom is 0.252 e. The Balaban J connectivity index is 1.94. The van der Waals surface area contributed by atoms with Gasteiger partial charge in [-0.1, -0.05) is 13.0 Å². The van der Waals surface area contributed by atoms with E-state index in [4.69, 9.17) is 0 Å². The Labute approximate surface area is 123 Å². The van der Waals surface area contributed by atoms with Gasteiger partial charge in [0.2, 0.25) is 5.91 Å². The number of hydrogen-bond donors (Lipinski definition) is 0. The number of halogens is 2. The van der Waals surface area contributed by atoms with E-state index in [0.717, 1.165) is 24.0 Å². The summed E-state index contributed by atoms with van der Waals surface area (Å²) in [4.78, 5) is 18.6. The third-order valence-corrected chi connectivity index (χ3v) is 5.09. The monoisotopic (exact) mass is 294 g/mol. The van der Waals surface area contributed by atoms with Crippen molar-refractivity contribution in [3.63, 3.8) is 0 Å². The van der Waals surface area contributed by atoms with Crippen LogP contribution in [0.15, 0.2) is 18.5 Å². The molecule has 114 valence electrons. The van der Waals surface area contributed by atoms with E-state index in [1.165, 1.54) is 0 Å². The molecule has 0 aliphatic carbocycles. The topological polar surface area (TPSA) is 33.2 Å². The first-order valence-electron chi connectivity index (χ1n) is 7.52. The average Bonchev–Trinajstić information content (AvgIpc) is 2.98. The van der Waals surface area contributed by atoms with E-state index in [-0.39, 0.29) is 30.8 Å². The lowest BCUT2D eigenvalue weighted by atomic mass is 9.81. The molecule has 2 aliphatic rings. The van der Waals surface area contributed by atoms with Gasteiger partial charge in [0.1, 0.15) is 5.41 Å². The molecule has 1 aromatic rings. The van der Waals surface area contributed by atoms with Gasteiger partial charge in [-0.25, -0.2) is 8.78 Å². The molecular formula is C16H20F2N2O. The van der Waals surface area contributed by atoms with Gasteiger partial charge in [-0.05, 0) is 43.7 Å². The molecule has 0 spiro atoms. The first-order valence-corrected chi connectivity index (χ1v) is 7.52. The van der Waals surface area contributed by atoms with Crippen LogP contribution in [-0.2, 0) is 4.79 Å². The summed E-state index contributed by atoms with van der Waals surface area (Å²) in [5.74, 6) is -0.367. The maximum absolute atomic E-state index is 13.5. The van der Waals surface area contributed by atoms with Crippen LogP contribution in [0.25, 0.3) is 0 Å². The number of carbonyl (C=O) groups is 1. The van der Waals surface area contributed by atoms with Crippen molar-refractivity contribution in [3.05, 3.63) is 29.6 Å². The minimum atomic E-state index is -2.59. The van der Waals surface area contributed by atoms with Gasteiger partial charge in [-0.15, -0.1) is 0 Å². The minimum absolute atomic E-state index is 0.0445. The maximum atomic E-state index is 13.5. The minimum Gasteiger partial charge on any atom is -0.332 e. The molecule has 0 saturated carbocycles. The molecule has 0 unspecified atom stereocenters. The van der Waals surface area contributed by atoms with Crippen molar-refractivity contribution >= 4 is 5.91 Å². The standard InChI is InChI=1S/C16H20F2N2O/c1-3-16(14(17)18)7-12-4-5-13(20(12)15(16)21)11-6-10(2)8-19-9-11/h6,8-9,12-14H,3-5,7H2,1-2H3/t12-,13+,16-/m0/s1. The van der Waals surface area contributed by atoms with E-state index in [2.05, 4.69) is 4.98 Å². The van der Waals surface area contributed by atoms with E-state index >= 15 is 0 Å². The Morgan fingerprint density at radius 1 is 1.43 bits per heavy atom. The van der Waals surface area contributed by atoms with Crippen LogP contribution in [-0.4, -0.2) is 28.3 Å². The molecule has 21 heavy (non-hydrogen) atoms. The summed E-state index contributed by atoms with van der Waals surface area (Å²) in [6.07, 6.45) is 3.06. The van der Waals surface area contributed by atoms with Gasteiger partial charge in [0, 0.05) is 18.4 Å². The van der Waals surface area contributed by atoms with Crippen LogP contribution >= 0.6 is 0 Å². The molecule has 2 saturated heterocycles. The highest BCUT2D eigenvalue weighted by Crippen LogP contribution is 2.52. The second-order valence-corrected chi connectivity index (χ2v) is 6.27. The largest absolute Gasteiger partial charge is 0.332 e. The number of nitrogens with zero attached hydrogens (tertiary/aromatic N) is 2. The van der Waals surface area contributed by atoms with Crippen molar-refractivity contribution in [3.8, 4) is 0 Å². The molecule has 1 aromatic heterocycles. The summed E-state index contributed by atoms with van der Waals surface area (Å²) in [6, 6.07) is 1.86. The number of aryl methyl sites for hydroxylation is 1. The summed E-state index contributed by atoms with van der Waals surface area (Å²) in [7, 11) is 0. The van der Waals surface area contributed by atoms with Gasteiger partial charge in [-0.3, -0.25) is 9.78 Å². The number of pyridine rings is 1. The molecule has 1 amide bonds. The van der Waals surface area contributed by atoms with Gasteiger partial charge in [0.05, 0.1) is 6.04 Å². The quantitative estimate of drug-likeness (QED) is 0.855. The van der Waals surface area contributed by atoms with Crippen molar-refractivity contribution in [2.45, 2.75) is 58.0 Å². The van der Waals surface area contributed by atoms with Crippen LogP contribution < -0.4 is 0 Å². The molecular weight excluding hydrogens is 274 g/mol. The Morgan fingerprint density at radius 3 is 2.81 bits per heavy atom.